The molecular weight excluding hydrogens is 254 g/mol. The molecule has 96 valence electrons. The number of halogens is 1. The fourth-order valence-electron chi connectivity index (χ4n) is 1.26. The highest BCUT2D eigenvalue weighted by molar-refractivity contribution is 6.30. The van der Waals surface area contributed by atoms with Gasteiger partial charge in [-0.3, -0.25) is 0 Å². The number of carbonyl (C=O) groups excluding carboxylic acids is 1. The second-order valence-electron chi connectivity index (χ2n) is 3.55. The molecular formula is C11H14ClN5O. The van der Waals surface area contributed by atoms with Crippen LogP contribution in [0.1, 0.15) is 12.8 Å². The number of rotatable bonds is 6. The maximum Gasteiger partial charge on any atom is 0.319 e. The number of nitrogens with zero attached hydrogens (tertiary/aromatic N) is 3. The molecule has 1 aromatic rings. The number of hydrogen-bond donors (Lipinski definition) is 2. The monoisotopic (exact) mass is 267 g/mol. The van der Waals surface area contributed by atoms with Gasteiger partial charge in [0.15, 0.2) is 0 Å². The first kappa shape index (κ1) is 14.2. The Balaban J connectivity index is 2.17. The van der Waals surface area contributed by atoms with E-state index in [-0.39, 0.29) is 6.03 Å². The smallest absolute Gasteiger partial charge is 0.319 e. The second-order valence-corrected chi connectivity index (χ2v) is 3.99. The molecule has 0 radical (unpaired) electrons. The van der Waals surface area contributed by atoms with E-state index in [9.17, 15) is 4.79 Å². The molecule has 0 aliphatic carbocycles. The largest absolute Gasteiger partial charge is 0.338 e. The Labute approximate surface area is 110 Å². The van der Waals surface area contributed by atoms with Crippen LogP contribution in [0.2, 0.25) is 5.02 Å². The van der Waals surface area contributed by atoms with Gasteiger partial charge in [-0.1, -0.05) is 16.7 Å². The number of unbranched alkanes of at least 4 members (excludes halogenated alkanes) is 1. The number of nitrogens with one attached hydrogen (secondary N) is 2. The molecule has 1 rings (SSSR count). The third kappa shape index (κ3) is 5.98. The molecule has 0 saturated carbocycles. The lowest BCUT2D eigenvalue weighted by Crippen LogP contribution is -2.29. The summed E-state index contributed by atoms with van der Waals surface area (Å²) in [6.07, 6.45) is 1.53. The van der Waals surface area contributed by atoms with Gasteiger partial charge in [0.2, 0.25) is 0 Å². The van der Waals surface area contributed by atoms with Crippen LogP contribution in [-0.4, -0.2) is 19.1 Å². The lowest BCUT2D eigenvalue weighted by molar-refractivity contribution is 0.252. The first-order valence-corrected chi connectivity index (χ1v) is 5.91. The summed E-state index contributed by atoms with van der Waals surface area (Å²) in [5.41, 5.74) is 8.75. The van der Waals surface area contributed by atoms with Crippen LogP contribution in [0.5, 0.6) is 0 Å². The topological polar surface area (TPSA) is 89.9 Å². The summed E-state index contributed by atoms with van der Waals surface area (Å²) >= 11 is 5.73. The molecule has 0 atom stereocenters. The van der Waals surface area contributed by atoms with E-state index < -0.39 is 0 Å². The van der Waals surface area contributed by atoms with E-state index >= 15 is 0 Å². The normalized spacial score (nSPS) is 9.39. The zero-order chi connectivity index (χ0) is 13.2. The molecule has 0 aliphatic heterocycles. The van der Waals surface area contributed by atoms with E-state index in [0.717, 1.165) is 12.8 Å². The van der Waals surface area contributed by atoms with Crippen LogP contribution < -0.4 is 10.6 Å². The summed E-state index contributed by atoms with van der Waals surface area (Å²) in [5.74, 6) is 0. The van der Waals surface area contributed by atoms with Gasteiger partial charge < -0.3 is 10.6 Å². The van der Waals surface area contributed by atoms with Crippen molar-refractivity contribution in [3.05, 3.63) is 39.7 Å². The van der Waals surface area contributed by atoms with Crippen LogP contribution in [0.15, 0.2) is 29.4 Å². The standard InChI is InChI=1S/C11H14ClN5O/c12-9-3-5-10(6-4-9)16-11(18)14-7-1-2-8-15-17-13/h3-6H,1-2,7-8H2,(H2,14,16,18). The van der Waals surface area contributed by atoms with Crippen LogP contribution in [0.25, 0.3) is 10.4 Å². The Hall–Kier alpha value is -1.91. The third-order valence-corrected chi connectivity index (χ3v) is 2.39. The van der Waals surface area contributed by atoms with Crippen molar-refractivity contribution in [2.75, 3.05) is 18.4 Å². The average molecular weight is 268 g/mol. The number of hydrogen-bond acceptors (Lipinski definition) is 2. The number of amides is 2. The predicted octanol–water partition coefficient (Wildman–Crippen LogP) is 3.55. The summed E-state index contributed by atoms with van der Waals surface area (Å²) in [6, 6.07) is 6.60. The number of urea groups is 1. The first-order valence-electron chi connectivity index (χ1n) is 5.53. The molecule has 6 nitrogen and oxygen atoms in total. The zero-order valence-corrected chi connectivity index (χ0v) is 10.5. The highest BCUT2D eigenvalue weighted by Crippen LogP contribution is 2.12. The van der Waals surface area contributed by atoms with Crippen molar-refractivity contribution in [3.63, 3.8) is 0 Å². The van der Waals surface area contributed by atoms with E-state index in [4.69, 9.17) is 17.1 Å². The van der Waals surface area contributed by atoms with E-state index in [1.807, 2.05) is 0 Å². The fraction of sp³-hybridized carbons (Fsp3) is 0.364. The lowest BCUT2D eigenvalue weighted by Gasteiger charge is -2.07. The van der Waals surface area contributed by atoms with E-state index in [1.165, 1.54) is 0 Å². The summed E-state index contributed by atoms with van der Waals surface area (Å²) in [7, 11) is 0. The van der Waals surface area contributed by atoms with Crippen molar-refractivity contribution in [3.8, 4) is 0 Å². The van der Waals surface area contributed by atoms with Gasteiger partial charge in [0.05, 0.1) is 0 Å². The average Bonchev–Trinajstić information content (AvgIpc) is 2.36. The third-order valence-electron chi connectivity index (χ3n) is 2.14. The maximum absolute atomic E-state index is 11.4. The highest BCUT2D eigenvalue weighted by Gasteiger charge is 2.00. The summed E-state index contributed by atoms with van der Waals surface area (Å²) in [4.78, 5) is 14.1. The van der Waals surface area contributed by atoms with E-state index in [1.54, 1.807) is 24.3 Å². The van der Waals surface area contributed by atoms with Gasteiger partial charge in [-0.2, -0.15) is 0 Å². The van der Waals surface area contributed by atoms with Crippen molar-refractivity contribution in [1.29, 1.82) is 0 Å². The molecule has 2 N–H and O–H groups in total. The van der Waals surface area contributed by atoms with Crippen LogP contribution in [0.4, 0.5) is 10.5 Å². The molecule has 2 amide bonds. The first-order chi connectivity index (χ1) is 8.72. The molecule has 0 heterocycles. The van der Waals surface area contributed by atoms with Gasteiger partial charge >= 0.3 is 6.03 Å². The van der Waals surface area contributed by atoms with Crippen LogP contribution in [-0.2, 0) is 0 Å². The summed E-state index contributed by atoms with van der Waals surface area (Å²) in [6.45, 7) is 0.997. The van der Waals surface area contributed by atoms with Gasteiger partial charge in [0.25, 0.3) is 0 Å². The minimum Gasteiger partial charge on any atom is -0.338 e. The van der Waals surface area contributed by atoms with Gasteiger partial charge in [-0.05, 0) is 42.6 Å². The minimum atomic E-state index is -0.263. The Morgan fingerprint density at radius 3 is 2.72 bits per heavy atom. The second kappa shape index (κ2) is 8.22. The summed E-state index contributed by atoms with van der Waals surface area (Å²) in [5, 5.41) is 9.41. The Bertz CT molecular complexity index is 428. The number of carbonyl (C=O) groups is 1. The van der Waals surface area contributed by atoms with Crippen LogP contribution >= 0.6 is 11.6 Å². The molecule has 0 aliphatic rings. The van der Waals surface area contributed by atoms with Crippen molar-refractivity contribution >= 4 is 23.3 Å². The predicted molar refractivity (Wildman–Crippen MR) is 71.7 cm³/mol. The molecule has 0 bridgehead atoms. The minimum absolute atomic E-state index is 0.263. The lowest BCUT2D eigenvalue weighted by atomic mass is 10.3. The Morgan fingerprint density at radius 2 is 2.06 bits per heavy atom. The zero-order valence-electron chi connectivity index (χ0n) is 9.77. The molecule has 0 spiro atoms. The highest BCUT2D eigenvalue weighted by atomic mass is 35.5. The fourth-order valence-corrected chi connectivity index (χ4v) is 1.39. The molecule has 0 fully saturated rings. The molecule has 18 heavy (non-hydrogen) atoms. The number of azide groups is 1. The van der Waals surface area contributed by atoms with Crippen molar-refractivity contribution < 1.29 is 4.79 Å². The Kier molecular flexibility index (Phi) is 6.46. The van der Waals surface area contributed by atoms with Crippen molar-refractivity contribution in [2.45, 2.75) is 12.8 Å². The molecule has 0 unspecified atom stereocenters. The maximum atomic E-state index is 11.4. The van der Waals surface area contributed by atoms with Crippen LogP contribution in [0.3, 0.4) is 0 Å². The van der Waals surface area contributed by atoms with E-state index in [0.29, 0.717) is 23.8 Å². The summed E-state index contributed by atoms with van der Waals surface area (Å²) < 4.78 is 0. The van der Waals surface area contributed by atoms with Crippen LogP contribution in [0, 0.1) is 0 Å². The molecule has 7 heteroatoms. The number of benzene rings is 1. The van der Waals surface area contributed by atoms with Crippen molar-refractivity contribution in [1.82, 2.24) is 5.32 Å². The molecule has 0 saturated heterocycles. The van der Waals surface area contributed by atoms with Gasteiger partial charge in [0.1, 0.15) is 0 Å². The van der Waals surface area contributed by atoms with Gasteiger partial charge in [-0.25, -0.2) is 4.79 Å². The van der Waals surface area contributed by atoms with E-state index in [2.05, 4.69) is 20.7 Å². The molecule has 1 aromatic carbocycles. The SMILES string of the molecule is [N-]=[N+]=NCCCCNC(=O)Nc1ccc(Cl)cc1. The van der Waals surface area contributed by atoms with Gasteiger partial charge in [-0.15, -0.1) is 0 Å². The van der Waals surface area contributed by atoms with Crippen molar-refractivity contribution in [2.24, 2.45) is 5.11 Å². The molecule has 0 aromatic heterocycles. The Morgan fingerprint density at radius 1 is 1.33 bits per heavy atom. The quantitative estimate of drug-likeness (QED) is 0.351. The number of anilines is 1. The van der Waals surface area contributed by atoms with Gasteiger partial charge in [0, 0.05) is 28.7 Å².